The van der Waals surface area contributed by atoms with Crippen molar-refractivity contribution in [3.8, 4) is 0 Å². The van der Waals surface area contributed by atoms with Gasteiger partial charge < -0.3 is 5.73 Å². The van der Waals surface area contributed by atoms with Crippen LogP contribution in [-0.2, 0) is 14.4 Å². The summed E-state index contributed by atoms with van der Waals surface area (Å²) < 4.78 is 1.27. The van der Waals surface area contributed by atoms with E-state index in [1.54, 1.807) is 0 Å². The molecular weight excluding hydrogens is 320 g/mol. The fourth-order valence-electron chi connectivity index (χ4n) is 1.56. The lowest BCUT2D eigenvalue weighted by molar-refractivity contribution is -0.140. The maximum Gasteiger partial charge on any atom is 0.239 e. The van der Waals surface area contributed by atoms with Gasteiger partial charge in [0.2, 0.25) is 17.7 Å². The van der Waals surface area contributed by atoms with Crippen LogP contribution in [0, 0.1) is 0 Å². The number of imide groups is 1. The van der Waals surface area contributed by atoms with E-state index in [2.05, 4.69) is 10.2 Å². The van der Waals surface area contributed by atoms with Crippen LogP contribution in [0.5, 0.6) is 0 Å². The number of nitrogens with zero attached hydrogens (tertiary/aromatic N) is 3. The van der Waals surface area contributed by atoms with Gasteiger partial charge in [0, 0.05) is 13.0 Å². The lowest BCUT2D eigenvalue weighted by Gasteiger charge is -2.11. The van der Waals surface area contributed by atoms with Crippen LogP contribution >= 0.6 is 34.9 Å². The summed E-state index contributed by atoms with van der Waals surface area (Å²) in [6.45, 7) is 0.508. The van der Waals surface area contributed by atoms with Gasteiger partial charge >= 0.3 is 0 Å². The van der Waals surface area contributed by atoms with E-state index in [1.807, 2.05) is 0 Å². The van der Waals surface area contributed by atoms with Gasteiger partial charge in [0.25, 0.3) is 0 Å². The molecule has 3 amide bonds. The molecule has 0 unspecified atom stereocenters. The SMILES string of the molecule is NC(=O)CSc1nnc(SCC(=O)N2CCCC2=O)s1. The monoisotopic (exact) mass is 332 g/mol. The Bertz CT molecular complexity index is 534. The molecule has 0 spiro atoms. The predicted octanol–water partition coefficient (Wildman–Crippen LogP) is 0.357. The van der Waals surface area contributed by atoms with Crippen LogP contribution in [0.4, 0.5) is 0 Å². The first kappa shape index (κ1) is 15.3. The standard InChI is InChI=1S/C10H12N4O3S3/c11-6(15)4-18-9-12-13-10(20-9)19-5-8(17)14-3-1-2-7(14)16/h1-5H2,(H2,11,15). The van der Waals surface area contributed by atoms with Crippen LogP contribution in [0.15, 0.2) is 8.68 Å². The van der Waals surface area contributed by atoms with E-state index in [-0.39, 0.29) is 23.3 Å². The van der Waals surface area contributed by atoms with Crippen LogP contribution in [0.2, 0.25) is 0 Å². The average Bonchev–Trinajstić information content (AvgIpc) is 3.02. The minimum Gasteiger partial charge on any atom is -0.369 e. The number of carbonyl (C=O) groups excluding carboxylic acids is 3. The molecule has 0 aromatic carbocycles. The van der Waals surface area contributed by atoms with Crippen molar-refractivity contribution >= 4 is 52.6 Å². The molecule has 108 valence electrons. The minimum absolute atomic E-state index is 0.106. The van der Waals surface area contributed by atoms with Gasteiger partial charge in [-0.25, -0.2) is 0 Å². The Labute approximate surface area is 127 Å². The van der Waals surface area contributed by atoms with Crippen molar-refractivity contribution < 1.29 is 14.4 Å². The van der Waals surface area contributed by atoms with Crippen LogP contribution in [-0.4, -0.2) is 50.9 Å². The van der Waals surface area contributed by atoms with E-state index in [0.29, 0.717) is 21.6 Å². The molecule has 2 N–H and O–H groups in total. The topological polar surface area (TPSA) is 106 Å². The summed E-state index contributed by atoms with van der Waals surface area (Å²) in [7, 11) is 0. The summed E-state index contributed by atoms with van der Waals surface area (Å²) in [5.74, 6) is -0.395. The maximum atomic E-state index is 11.8. The summed E-state index contributed by atoms with van der Waals surface area (Å²) in [5.41, 5.74) is 5.04. The number of nitrogens with two attached hydrogens (primary N) is 1. The molecule has 1 aliphatic rings. The number of hydrogen-bond acceptors (Lipinski definition) is 8. The van der Waals surface area contributed by atoms with Crippen LogP contribution in [0.25, 0.3) is 0 Å². The molecule has 1 saturated heterocycles. The number of aromatic nitrogens is 2. The Balaban J connectivity index is 1.80. The van der Waals surface area contributed by atoms with E-state index in [0.717, 1.165) is 6.42 Å². The van der Waals surface area contributed by atoms with Crippen molar-refractivity contribution in [1.82, 2.24) is 15.1 Å². The smallest absolute Gasteiger partial charge is 0.239 e. The van der Waals surface area contributed by atoms with Gasteiger partial charge in [-0.1, -0.05) is 34.9 Å². The van der Waals surface area contributed by atoms with Gasteiger partial charge in [0.05, 0.1) is 11.5 Å². The Morgan fingerprint density at radius 1 is 1.25 bits per heavy atom. The summed E-state index contributed by atoms with van der Waals surface area (Å²) in [6, 6.07) is 0. The first-order valence-electron chi connectivity index (χ1n) is 5.77. The molecule has 0 saturated carbocycles. The molecule has 1 aromatic rings. The van der Waals surface area contributed by atoms with Crippen molar-refractivity contribution in [1.29, 1.82) is 0 Å². The fraction of sp³-hybridized carbons (Fsp3) is 0.500. The normalized spacial score (nSPS) is 14.8. The second-order valence-electron chi connectivity index (χ2n) is 3.92. The molecule has 0 bridgehead atoms. The zero-order valence-corrected chi connectivity index (χ0v) is 12.9. The molecule has 2 heterocycles. The first-order chi connectivity index (χ1) is 9.56. The number of thioether (sulfide) groups is 2. The quantitative estimate of drug-likeness (QED) is 0.749. The third-order valence-corrected chi connectivity index (χ3v) is 5.62. The van der Waals surface area contributed by atoms with Crippen LogP contribution in [0.3, 0.4) is 0 Å². The van der Waals surface area contributed by atoms with Crippen LogP contribution < -0.4 is 5.73 Å². The molecular formula is C10H12N4O3S3. The minimum atomic E-state index is -0.415. The Morgan fingerprint density at radius 2 is 1.90 bits per heavy atom. The number of rotatable bonds is 6. The number of hydrogen-bond donors (Lipinski definition) is 1. The molecule has 0 aliphatic carbocycles. The number of likely N-dealkylation sites (tertiary alicyclic amines) is 1. The van der Waals surface area contributed by atoms with Gasteiger partial charge in [0.1, 0.15) is 0 Å². The van der Waals surface area contributed by atoms with Gasteiger partial charge in [0.15, 0.2) is 8.68 Å². The molecule has 1 aromatic heterocycles. The second-order valence-corrected chi connectivity index (χ2v) is 7.34. The van der Waals surface area contributed by atoms with Gasteiger partial charge in [-0.2, -0.15) is 0 Å². The van der Waals surface area contributed by atoms with Gasteiger partial charge in [-0.3, -0.25) is 19.3 Å². The van der Waals surface area contributed by atoms with E-state index in [1.165, 1.54) is 39.8 Å². The summed E-state index contributed by atoms with van der Waals surface area (Å²) >= 11 is 3.76. The summed E-state index contributed by atoms with van der Waals surface area (Å²) in [4.78, 5) is 35.2. The van der Waals surface area contributed by atoms with E-state index in [9.17, 15) is 14.4 Å². The third-order valence-electron chi connectivity index (χ3n) is 2.42. The first-order valence-corrected chi connectivity index (χ1v) is 8.55. The predicted molar refractivity (Wildman–Crippen MR) is 76.5 cm³/mol. The molecule has 2 rings (SSSR count). The summed E-state index contributed by atoms with van der Waals surface area (Å²) in [6.07, 6.45) is 1.19. The number of amides is 3. The van der Waals surface area contributed by atoms with Gasteiger partial charge in [-0.05, 0) is 6.42 Å². The van der Waals surface area contributed by atoms with E-state index < -0.39 is 5.91 Å². The second kappa shape index (κ2) is 7.04. The molecule has 1 aliphatic heterocycles. The highest BCUT2D eigenvalue weighted by Gasteiger charge is 2.26. The van der Waals surface area contributed by atoms with Crippen molar-refractivity contribution in [2.45, 2.75) is 21.5 Å². The highest BCUT2D eigenvalue weighted by atomic mass is 32.2. The third kappa shape index (κ3) is 4.18. The largest absolute Gasteiger partial charge is 0.369 e. The summed E-state index contributed by atoms with van der Waals surface area (Å²) in [5, 5.41) is 7.80. The molecule has 7 nitrogen and oxygen atoms in total. The number of primary amides is 1. The van der Waals surface area contributed by atoms with Crippen molar-refractivity contribution in [2.24, 2.45) is 5.73 Å². The molecule has 1 fully saturated rings. The molecule has 0 radical (unpaired) electrons. The highest BCUT2D eigenvalue weighted by molar-refractivity contribution is 8.03. The Morgan fingerprint density at radius 3 is 2.45 bits per heavy atom. The molecule has 20 heavy (non-hydrogen) atoms. The maximum absolute atomic E-state index is 11.8. The zero-order valence-electron chi connectivity index (χ0n) is 10.4. The fourth-order valence-corrected chi connectivity index (χ4v) is 4.20. The Hall–Kier alpha value is -1.13. The highest BCUT2D eigenvalue weighted by Crippen LogP contribution is 2.28. The number of carbonyl (C=O) groups is 3. The lowest BCUT2D eigenvalue weighted by Crippen LogP contribution is -2.33. The zero-order chi connectivity index (χ0) is 14.5. The van der Waals surface area contributed by atoms with Gasteiger partial charge in [-0.15, -0.1) is 10.2 Å². The van der Waals surface area contributed by atoms with Crippen molar-refractivity contribution in [2.75, 3.05) is 18.1 Å². The van der Waals surface area contributed by atoms with Crippen molar-refractivity contribution in [3.63, 3.8) is 0 Å². The van der Waals surface area contributed by atoms with Crippen molar-refractivity contribution in [3.05, 3.63) is 0 Å². The molecule has 0 atom stereocenters. The van der Waals surface area contributed by atoms with E-state index >= 15 is 0 Å². The lowest BCUT2D eigenvalue weighted by atomic mass is 10.4. The Kier molecular flexibility index (Phi) is 5.38. The molecule has 10 heteroatoms. The van der Waals surface area contributed by atoms with Crippen LogP contribution in [0.1, 0.15) is 12.8 Å². The average molecular weight is 332 g/mol. The van der Waals surface area contributed by atoms with E-state index in [4.69, 9.17) is 5.73 Å².